The molecule has 1 amide bonds. The summed E-state index contributed by atoms with van der Waals surface area (Å²) >= 11 is 9.36. The van der Waals surface area contributed by atoms with Crippen molar-refractivity contribution in [1.82, 2.24) is 5.32 Å². The van der Waals surface area contributed by atoms with Crippen molar-refractivity contribution in [3.63, 3.8) is 0 Å². The number of carbonyl (C=O) groups excluding carboxylic acids is 1. The molecule has 0 aromatic heterocycles. The number of carbonyl (C=O) groups is 1. The van der Waals surface area contributed by atoms with Gasteiger partial charge in [-0.3, -0.25) is 4.79 Å². The van der Waals surface area contributed by atoms with Crippen LogP contribution in [0.25, 0.3) is 0 Å². The highest BCUT2D eigenvalue weighted by Gasteiger charge is 2.06. The summed E-state index contributed by atoms with van der Waals surface area (Å²) in [5.41, 5.74) is 1.53. The van der Waals surface area contributed by atoms with E-state index >= 15 is 0 Å². The Bertz CT molecular complexity index is 571. The van der Waals surface area contributed by atoms with Gasteiger partial charge < -0.3 is 5.32 Å². The first kappa shape index (κ1) is 13.1. The normalized spacial score (nSPS) is 10.1. The molecule has 0 aliphatic rings. The second-order valence-electron chi connectivity index (χ2n) is 3.78. The monoisotopic (exact) mass is 323 g/mol. The Balaban J connectivity index is 2.03. The summed E-state index contributed by atoms with van der Waals surface area (Å²) in [7, 11) is 0. The van der Waals surface area contributed by atoms with Crippen LogP contribution in [0, 0.1) is 0 Å². The quantitative estimate of drug-likeness (QED) is 0.907. The summed E-state index contributed by atoms with van der Waals surface area (Å²) in [6, 6.07) is 14.7. The third-order valence-electron chi connectivity index (χ3n) is 2.48. The van der Waals surface area contributed by atoms with Gasteiger partial charge in [0.15, 0.2) is 0 Å². The van der Waals surface area contributed by atoms with Crippen LogP contribution in [0.5, 0.6) is 0 Å². The molecule has 92 valence electrons. The van der Waals surface area contributed by atoms with E-state index < -0.39 is 0 Å². The molecule has 2 aromatic carbocycles. The predicted molar refractivity (Wildman–Crippen MR) is 76.8 cm³/mol. The molecule has 0 saturated carbocycles. The average molecular weight is 325 g/mol. The minimum Gasteiger partial charge on any atom is -0.348 e. The van der Waals surface area contributed by atoms with E-state index in [0.29, 0.717) is 17.1 Å². The summed E-state index contributed by atoms with van der Waals surface area (Å²) in [5.74, 6) is -0.115. The van der Waals surface area contributed by atoms with Crippen molar-refractivity contribution in [3.05, 3.63) is 69.2 Å². The van der Waals surface area contributed by atoms with Gasteiger partial charge in [-0.2, -0.15) is 0 Å². The van der Waals surface area contributed by atoms with Crippen LogP contribution in [0.15, 0.2) is 53.0 Å². The topological polar surface area (TPSA) is 29.1 Å². The van der Waals surface area contributed by atoms with Gasteiger partial charge in [0, 0.05) is 21.6 Å². The Labute approximate surface area is 119 Å². The fourth-order valence-electron chi connectivity index (χ4n) is 1.55. The van der Waals surface area contributed by atoms with Crippen LogP contribution in [0.4, 0.5) is 0 Å². The molecular weight excluding hydrogens is 314 g/mol. The van der Waals surface area contributed by atoms with Gasteiger partial charge in [-0.15, -0.1) is 0 Å². The predicted octanol–water partition coefficient (Wildman–Crippen LogP) is 4.03. The van der Waals surface area contributed by atoms with Crippen molar-refractivity contribution in [2.24, 2.45) is 0 Å². The van der Waals surface area contributed by atoms with Crippen molar-refractivity contribution < 1.29 is 4.79 Å². The molecule has 0 unspecified atom stereocenters. The molecule has 0 fully saturated rings. The number of amides is 1. The molecule has 0 heterocycles. The van der Waals surface area contributed by atoms with Gasteiger partial charge >= 0.3 is 0 Å². The van der Waals surface area contributed by atoms with E-state index in [0.717, 1.165) is 10.0 Å². The van der Waals surface area contributed by atoms with E-state index in [-0.39, 0.29) is 5.91 Å². The molecule has 2 rings (SSSR count). The Morgan fingerprint density at radius 1 is 1.17 bits per heavy atom. The van der Waals surface area contributed by atoms with Crippen LogP contribution in [0.3, 0.4) is 0 Å². The maximum atomic E-state index is 11.9. The number of halogens is 2. The lowest BCUT2D eigenvalue weighted by atomic mass is 10.2. The van der Waals surface area contributed by atoms with E-state index in [9.17, 15) is 4.79 Å². The molecule has 0 bridgehead atoms. The molecule has 0 spiro atoms. The highest BCUT2D eigenvalue weighted by Crippen LogP contribution is 2.15. The second-order valence-corrected chi connectivity index (χ2v) is 5.11. The van der Waals surface area contributed by atoms with Crippen molar-refractivity contribution in [3.8, 4) is 0 Å². The van der Waals surface area contributed by atoms with Crippen molar-refractivity contribution in [2.45, 2.75) is 6.54 Å². The Morgan fingerprint density at radius 2 is 1.94 bits per heavy atom. The zero-order chi connectivity index (χ0) is 13.0. The number of nitrogens with one attached hydrogen (secondary N) is 1. The molecule has 0 aliphatic carbocycles. The molecule has 2 nitrogen and oxygen atoms in total. The minimum absolute atomic E-state index is 0.115. The standard InChI is InChI=1S/C14H11BrClNO/c15-12-6-3-5-10(8-12)14(18)17-9-11-4-1-2-7-13(11)16/h1-8H,9H2,(H,17,18). The summed E-state index contributed by atoms with van der Waals surface area (Å²) < 4.78 is 0.882. The van der Waals surface area contributed by atoms with E-state index in [2.05, 4.69) is 21.2 Å². The van der Waals surface area contributed by atoms with E-state index in [1.807, 2.05) is 36.4 Å². The first-order chi connectivity index (χ1) is 8.66. The van der Waals surface area contributed by atoms with Crippen molar-refractivity contribution in [1.29, 1.82) is 0 Å². The maximum Gasteiger partial charge on any atom is 0.251 e. The van der Waals surface area contributed by atoms with Gasteiger partial charge in [0.1, 0.15) is 0 Å². The first-order valence-electron chi connectivity index (χ1n) is 5.44. The Hall–Kier alpha value is -1.32. The molecule has 1 N–H and O–H groups in total. The van der Waals surface area contributed by atoms with Crippen molar-refractivity contribution >= 4 is 33.4 Å². The van der Waals surface area contributed by atoms with E-state index in [4.69, 9.17) is 11.6 Å². The summed E-state index contributed by atoms with van der Waals surface area (Å²) in [5, 5.41) is 3.50. The average Bonchev–Trinajstić information content (AvgIpc) is 2.37. The molecule has 0 aliphatic heterocycles. The zero-order valence-corrected chi connectivity index (χ0v) is 11.8. The lowest BCUT2D eigenvalue weighted by Crippen LogP contribution is -2.22. The van der Waals surface area contributed by atoms with Gasteiger partial charge in [-0.1, -0.05) is 51.8 Å². The Kier molecular flexibility index (Phi) is 4.39. The molecule has 0 radical (unpaired) electrons. The van der Waals surface area contributed by atoms with Gasteiger partial charge in [0.2, 0.25) is 0 Å². The van der Waals surface area contributed by atoms with Crippen LogP contribution in [-0.4, -0.2) is 5.91 Å². The van der Waals surface area contributed by atoms with Crippen LogP contribution < -0.4 is 5.32 Å². The van der Waals surface area contributed by atoms with Crippen molar-refractivity contribution in [2.75, 3.05) is 0 Å². The Morgan fingerprint density at radius 3 is 2.67 bits per heavy atom. The summed E-state index contributed by atoms with van der Waals surface area (Å²) in [6.07, 6.45) is 0. The molecular formula is C14H11BrClNO. The van der Waals surface area contributed by atoms with Gasteiger partial charge in [-0.05, 0) is 29.8 Å². The van der Waals surface area contributed by atoms with E-state index in [1.54, 1.807) is 12.1 Å². The molecule has 4 heteroatoms. The summed E-state index contributed by atoms with van der Waals surface area (Å²) in [4.78, 5) is 11.9. The van der Waals surface area contributed by atoms with Gasteiger partial charge in [-0.25, -0.2) is 0 Å². The highest BCUT2D eigenvalue weighted by atomic mass is 79.9. The van der Waals surface area contributed by atoms with Crippen LogP contribution in [-0.2, 0) is 6.54 Å². The molecule has 0 saturated heterocycles. The minimum atomic E-state index is -0.115. The molecule has 18 heavy (non-hydrogen) atoms. The SMILES string of the molecule is O=C(NCc1ccccc1Cl)c1cccc(Br)c1. The fourth-order valence-corrected chi connectivity index (χ4v) is 2.15. The summed E-state index contributed by atoms with van der Waals surface area (Å²) in [6.45, 7) is 0.422. The smallest absolute Gasteiger partial charge is 0.251 e. The van der Waals surface area contributed by atoms with Gasteiger partial charge in [0.25, 0.3) is 5.91 Å². The van der Waals surface area contributed by atoms with Crippen LogP contribution >= 0.6 is 27.5 Å². The molecule has 0 atom stereocenters. The third-order valence-corrected chi connectivity index (χ3v) is 3.35. The number of hydrogen-bond donors (Lipinski definition) is 1. The second kappa shape index (κ2) is 6.03. The fraction of sp³-hybridized carbons (Fsp3) is 0.0714. The highest BCUT2D eigenvalue weighted by molar-refractivity contribution is 9.10. The number of hydrogen-bond acceptors (Lipinski definition) is 1. The lowest BCUT2D eigenvalue weighted by molar-refractivity contribution is 0.0951. The van der Waals surface area contributed by atoms with Gasteiger partial charge in [0.05, 0.1) is 0 Å². The molecule has 2 aromatic rings. The zero-order valence-electron chi connectivity index (χ0n) is 9.49. The largest absolute Gasteiger partial charge is 0.348 e. The lowest BCUT2D eigenvalue weighted by Gasteiger charge is -2.07. The van der Waals surface area contributed by atoms with Crippen LogP contribution in [0.1, 0.15) is 15.9 Å². The third kappa shape index (κ3) is 3.34. The van der Waals surface area contributed by atoms with E-state index in [1.165, 1.54) is 0 Å². The number of rotatable bonds is 3. The first-order valence-corrected chi connectivity index (χ1v) is 6.61. The van der Waals surface area contributed by atoms with Crippen LogP contribution in [0.2, 0.25) is 5.02 Å². The number of benzene rings is 2. The maximum absolute atomic E-state index is 11.9.